The zero-order valence-electron chi connectivity index (χ0n) is 23.5. The lowest BCUT2D eigenvalue weighted by Gasteiger charge is -2.42. The van der Waals surface area contributed by atoms with Gasteiger partial charge in [-0.05, 0) is 70.1 Å². The predicted molar refractivity (Wildman–Crippen MR) is 148 cm³/mol. The summed E-state index contributed by atoms with van der Waals surface area (Å²) < 4.78 is 10.9. The fraction of sp³-hybridized carbons (Fsp3) is 0.643. The van der Waals surface area contributed by atoms with Crippen LogP contribution < -0.4 is 25.9 Å². The molecule has 0 spiro atoms. The van der Waals surface area contributed by atoms with Crippen molar-refractivity contribution in [3.8, 4) is 11.5 Å². The molecule has 0 radical (unpaired) electrons. The minimum Gasteiger partial charge on any atom is -0.493 e. The Kier molecular flexibility index (Phi) is 10.6. The van der Waals surface area contributed by atoms with E-state index in [0.717, 1.165) is 31.4 Å². The molecule has 0 aromatic heterocycles. The van der Waals surface area contributed by atoms with Crippen molar-refractivity contribution in [3.63, 3.8) is 0 Å². The highest BCUT2D eigenvalue weighted by Gasteiger charge is 2.38. The third-order valence-electron chi connectivity index (χ3n) is 7.21. The van der Waals surface area contributed by atoms with Crippen LogP contribution in [0.15, 0.2) is 35.1 Å². The van der Waals surface area contributed by atoms with Crippen molar-refractivity contribution in [3.05, 3.63) is 35.5 Å². The van der Waals surface area contributed by atoms with Crippen LogP contribution in [0.1, 0.15) is 65.9 Å². The number of hydrazone groups is 1. The number of allylic oxidation sites excluding steroid dienone is 1. The number of amides is 1. The molecule has 4 N–H and O–H groups in total. The van der Waals surface area contributed by atoms with E-state index in [1.165, 1.54) is 5.56 Å². The fourth-order valence-electron chi connectivity index (χ4n) is 4.96. The maximum atomic E-state index is 13.7. The minimum atomic E-state index is -0.533. The Bertz CT molecular complexity index is 918. The van der Waals surface area contributed by atoms with Gasteiger partial charge in [0.25, 0.3) is 5.91 Å². The van der Waals surface area contributed by atoms with Crippen molar-refractivity contribution >= 4 is 12.1 Å². The zero-order valence-corrected chi connectivity index (χ0v) is 23.5. The lowest BCUT2D eigenvalue weighted by Crippen LogP contribution is -2.53. The van der Waals surface area contributed by atoms with Crippen LogP contribution in [0.5, 0.6) is 11.5 Å². The maximum Gasteiger partial charge on any atom is 0.270 e. The van der Waals surface area contributed by atoms with Crippen molar-refractivity contribution in [2.75, 3.05) is 34.4 Å². The summed E-state index contributed by atoms with van der Waals surface area (Å²) in [5, 5.41) is 7.76. The Morgan fingerprint density at radius 3 is 2.39 bits per heavy atom. The van der Waals surface area contributed by atoms with Gasteiger partial charge in [-0.1, -0.05) is 26.0 Å². The summed E-state index contributed by atoms with van der Waals surface area (Å²) in [6.07, 6.45) is 7.38. The third kappa shape index (κ3) is 6.93. The highest BCUT2D eigenvalue weighted by Crippen LogP contribution is 2.42. The summed E-state index contributed by atoms with van der Waals surface area (Å²) in [5.41, 5.74) is 10.3. The Balaban J connectivity index is 2.17. The first-order chi connectivity index (χ1) is 17.1. The number of carbonyl (C=O) groups is 1. The Hall–Kier alpha value is -2.74. The van der Waals surface area contributed by atoms with Gasteiger partial charge in [0.1, 0.15) is 0 Å². The summed E-state index contributed by atoms with van der Waals surface area (Å²) in [7, 11) is 5.05. The number of hydrogen-bond donors (Lipinski definition) is 3. The van der Waals surface area contributed by atoms with Crippen LogP contribution in [-0.2, 0) is 10.2 Å². The Morgan fingerprint density at radius 2 is 1.89 bits per heavy atom. The van der Waals surface area contributed by atoms with E-state index < -0.39 is 5.54 Å². The monoisotopic (exact) mass is 501 g/mol. The molecule has 1 aliphatic carbocycles. The molecule has 0 atom stereocenters. The van der Waals surface area contributed by atoms with Crippen molar-refractivity contribution in [2.24, 2.45) is 16.8 Å². The van der Waals surface area contributed by atoms with Crippen molar-refractivity contribution in [1.29, 1.82) is 0 Å². The molecule has 8 nitrogen and oxygen atoms in total. The second kappa shape index (κ2) is 13.0. The van der Waals surface area contributed by atoms with Gasteiger partial charge in [-0.25, -0.2) is 0 Å². The van der Waals surface area contributed by atoms with Crippen LogP contribution in [-0.4, -0.2) is 63.0 Å². The number of carbonyl (C=O) groups excluding carboxylic acids is 1. The largest absolute Gasteiger partial charge is 0.493 e. The molecule has 8 heteroatoms. The lowest BCUT2D eigenvalue weighted by molar-refractivity contribution is -0.131. The molecule has 202 valence electrons. The number of benzene rings is 1. The van der Waals surface area contributed by atoms with Gasteiger partial charge in [0.2, 0.25) is 0 Å². The van der Waals surface area contributed by atoms with E-state index in [4.69, 9.17) is 15.2 Å². The molecule has 1 amide bonds. The molecule has 36 heavy (non-hydrogen) atoms. The zero-order chi connectivity index (χ0) is 26.9. The molecule has 1 fully saturated rings. The maximum absolute atomic E-state index is 13.7. The molecule has 0 heterocycles. The van der Waals surface area contributed by atoms with E-state index in [-0.39, 0.29) is 17.4 Å². The first kappa shape index (κ1) is 29.5. The van der Waals surface area contributed by atoms with Crippen molar-refractivity contribution in [1.82, 2.24) is 15.6 Å². The van der Waals surface area contributed by atoms with Crippen LogP contribution >= 0.6 is 0 Å². The second-order valence-electron chi connectivity index (χ2n) is 10.6. The first-order valence-corrected chi connectivity index (χ1v) is 13.0. The standard InChI is InChI=1S/C28H47N5O3/c1-9-23(26(34)33(17-20(2)3)27(4,5)19-31-30-6)32-22-12-14-28(18-29,15-13-22)21-10-11-24(35-7)25(16-21)36-8/h9-11,16,19-20,22,30,32H,12-15,17-18,29H2,1-8H3/b23-9+,31-19-/t22-,28-. The molecule has 0 saturated heterocycles. The van der Waals surface area contributed by atoms with E-state index in [2.05, 4.69) is 41.8 Å². The molecule has 1 aromatic rings. The van der Waals surface area contributed by atoms with Gasteiger partial charge in [-0.15, -0.1) is 0 Å². The molecule has 0 unspecified atom stereocenters. The van der Waals surface area contributed by atoms with Gasteiger partial charge in [0.15, 0.2) is 11.5 Å². The lowest BCUT2D eigenvalue weighted by atomic mass is 9.68. The molecule has 1 aliphatic rings. The van der Waals surface area contributed by atoms with Crippen LogP contribution in [0, 0.1) is 5.92 Å². The quantitative estimate of drug-likeness (QED) is 0.229. The van der Waals surface area contributed by atoms with Gasteiger partial charge in [-0.2, -0.15) is 5.10 Å². The minimum absolute atomic E-state index is 0.00527. The average molecular weight is 502 g/mol. The van der Waals surface area contributed by atoms with Crippen molar-refractivity contribution in [2.45, 2.75) is 77.3 Å². The third-order valence-corrected chi connectivity index (χ3v) is 7.21. The number of hydrogen-bond acceptors (Lipinski definition) is 7. The summed E-state index contributed by atoms with van der Waals surface area (Å²) >= 11 is 0. The fourth-order valence-corrected chi connectivity index (χ4v) is 4.96. The number of nitrogens with two attached hydrogens (primary N) is 1. The van der Waals surface area contributed by atoms with Gasteiger partial charge in [0, 0.05) is 37.8 Å². The van der Waals surface area contributed by atoms with E-state index in [1.807, 2.05) is 37.8 Å². The van der Waals surface area contributed by atoms with E-state index in [9.17, 15) is 4.79 Å². The molecule has 1 saturated carbocycles. The molecule has 0 aliphatic heterocycles. The second-order valence-corrected chi connectivity index (χ2v) is 10.6. The van der Waals surface area contributed by atoms with Gasteiger partial charge in [0.05, 0.1) is 25.5 Å². The first-order valence-electron chi connectivity index (χ1n) is 13.0. The smallest absolute Gasteiger partial charge is 0.270 e. The number of methoxy groups -OCH3 is 2. The number of rotatable bonds is 12. The Morgan fingerprint density at radius 1 is 1.25 bits per heavy atom. The summed E-state index contributed by atoms with van der Waals surface area (Å²) in [4.78, 5) is 15.6. The molecule has 1 aromatic carbocycles. The van der Waals surface area contributed by atoms with Gasteiger partial charge < -0.3 is 30.8 Å². The number of nitrogens with one attached hydrogen (secondary N) is 2. The number of nitrogens with zero attached hydrogens (tertiary/aromatic N) is 2. The molecule has 0 bridgehead atoms. The normalized spacial score (nSPS) is 20.9. The van der Waals surface area contributed by atoms with Crippen LogP contribution in [0.25, 0.3) is 0 Å². The highest BCUT2D eigenvalue weighted by atomic mass is 16.5. The topological polar surface area (TPSA) is 101 Å². The van der Waals surface area contributed by atoms with Gasteiger partial charge in [-0.3, -0.25) is 4.79 Å². The van der Waals surface area contributed by atoms with Crippen LogP contribution in [0.4, 0.5) is 0 Å². The average Bonchev–Trinajstić information content (AvgIpc) is 2.88. The van der Waals surface area contributed by atoms with Gasteiger partial charge >= 0.3 is 0 Å². The van der Waals surface area contributed by atoms with Crippen LogP contribution in [0.3, 0.4) is 0 Å². The van der Waals surface area contributed by atoms with E-state index in [0.29, 0.717) is 30.5 Å². The summed E-state index contributed by atoms with van der Waals surface area (Å²) in [5.74, 6) is 1.76. The molecule has 2 rings (SSSR count). The van der Waals surface area contributed by atoms with E-state index >= 15 is 0 Å². The van der Waals surface area contributed by atoms with Crippen LogP contribution in [0.2, 0.25) is 0 Å². The summed E-state index contributed by atoms with van der Waals surface area (Å²) in [6, 6.07) is 6.31. The van der Waals surface area contributed by atoms with Crippen molar-refractivity contribution < 1.29 is 14.3 Å². The SMILES string of the molecule is C/C=C(/N[C@H]1CC[C@](CN)(c2ccc(OC)c(OC)c2)CC1)C(=O)N(CC(C)C)C(C)(C)/C=N\NC. The summed E-state index contributed by atoms with van der Waals surface area (Å²) in [6.45, 7) is 11.4. The number of ether oxygens (including phenoxy) is 2. The molecular weight excluding hydrogens is 454 g/mol. The Labute approximate surface area is 217 Å². The highest BCUT2D eigenvalue weighted by molar-refractivity contribution is 5.95. The van der Waals surface area contributed by atoms with E-state index in [1.54, 1.807) is 27.5 Å². The molecular formula is C28H47N5O3. The predicted octanol–water partition coefficient (Wildman–Crippen LogP) is 3.80.